The summed E-state index contributed by atoms with van der Waals surface area (Å²) in [6, 6.07) is 2.88. The first-order valence-corrected chi connectivity index (χ1v) is 11.0. The van der Waals surface area contributed by atoms with Gasteiger partial charge in [0, 0.05) is 11.7 Å². The number of hydrogen-bond acceptors (Lipinski definition) is 6. The fourth-order valence-electron chi connectivity index (χ4n) is 3.66. The Balaban J connectivity index is 2.02. The Morgan fingerprint density at radius 3 is 2.58 bits per heavy atom. The van der Waals surface area contributed by atoms with Crippen molar-refractivity contribution in [1.29, 1.82) is 0 Å². The van der Waals surface area contributed by atoms with E-state index < -0.39 is 23.7 Å². The maximum Gasteiger partial charge on any atom is 0.272 e. The van der Waals surface area contributed by atoms with Crippen LogP contribution in [0.1, 0.15) is 59.2 Å². The molecule has 1 aliphatic rings. The third kappa shape index (κ3) is 4.80. The Morgan fingerprint density at radius 1 is 1.35 bits per heavy atom. The van der Waals surface area contributed by atoms with E-state index >= 15 is 0 Å². The van der Waals surface area contributed by atoms with Gasteiger partial charge in [0.05, 0.1) is 10.7 Å². The predicted molar refractivity (Wildman–Crippen MR) is 118 cm³/mol. The van der Waals surface area contributed by atoms with Crippen LogP contribution in [0, 0.1) is 5.82 Å². The topological polar surface area (TPSA) is 131 Å². The van der Waals surface area contributed by atoms with Crippen molar-refractivity contribution < 1.29 is 18.8 Å². The van der Waals surface area contributed by atoms with Gasteiger partial charge in [0.1, 0.15) is 16.7 Å². The molecule has 1 fully saturated rings. The van der Waals surface area contributed by atoms with Gasteiger partial charge in [0.15, 0.2) is 5.69 Å². The van der Waals surface area contributed by atoms with Gasteiger partial charge >= 0.3 is 0 Å². The number of nitrogens with one attached hydrogen (secondary N) is 1. The van der Waals surface area contributed by atoms with E-state index in [0.717, 1.165) is 31.7 Å². The van der Waals surface area contributed by atoms with Gasteiger partial charge in [0.25, 0.3) is 11.8 Å². The molecule has 0 saturated heterocycles. The lowest BCUT2D eigenvalue weighted by molar-refractivity contribution is -0.123. The van der Waals surface area contributed by atoms with Crippen molar-refractivity contribution in [1.82, 2.24) is 9.69 Å². The number of carbonyl (C=O) groups is 3. The molecular formula is C20H23ClFN5O3S. The van der Waals surface area contributed by atoms with E-state index in [4.69, 9.17) is 23.1 Å². The summed E-state index contributed by atoms with van der Waals surface area (Å²) >= 11 is 6.65. The number of primary amides is 1. The number of nitrogens with two attached hydrogens (primary N) is 2. The first-order valence-electron chi connectivity index (χ1n) is 9.88. The van der Waals surface area contributed by atoms with Crippen molar-refractivity contribution in [2.45, 2.75) is 51.1 Å². The van der Waals surface area contributed by atoms with Crippen LogP contribution in [0.25, 0.3) is 0 Å². The highest BCUT2D eigenvalue weighted by Gasteiger charge is 2.35. The summed E-state index contributed by atoms with van der Waals surface area (Å²) in [5, 5.41) is 2.80. The average Bonchev–Trinajstić information content (AvgIpc) is 3.37. The SMILES string of the molecule is CCC(C(=O)NC1CCCC1)N(C(=O)c1snc(C(N)=O)c1N)c1ccc(F)c(Cl)c1. The molecule has 8 nitrogen and oxygen atoms in total. The molecule has 1 unspecified atom stereocenters. The molecule has 166 valence electrons. The normalized spacial score (nSPS) is 14.9. The number of rotatable bonds is 7. The Labute approximate surface area is 187 Å². The van der Waals surface area contributed by atoms with Crippen LogP contribution >= 0.6 is 23.1 Å². The van der Waals surface area contributed by atoms with Crippen LogP contribution in [-0.4, -0.2) is 34.2 Å². The summed E-state index contributed by atoms with van der Waals surface area (Å²) in [6.45, 7) is 1.76. The van der Waals surface area contributed by atoms with Crippen LogP contribution in [0.4, 0.5) is 15.8 Å². The molecule has 31 heavy (non-hydrogen) atoms. The van der Waals surface area contributed by atoms with Crippen molar-refractivity contribution in [2.75, 3.05) is 10.6 Å². The second-order valence-electron chi connectivity index (χ2n) is 7.33. The highest BCUT2D eigenvalue weighted by atomic mass is 35.5. The summed E-state index contributed by atoms with van der Waals surface area (Å²) in [5.74, 6) is -2.51. The van der Waals surface area contributed by atoms with Gasteiger partial charge < -0.3 is 16.8 Å². The van der Waals surface area contributed by atoms with E-state index in [1.165, 1.54) is 17.0 Å². The lowest BCUT2D eigenvalue weighted by Gasteiger charge is -2.31. The maximum atomic E-state index is 13.8. The maximum absolute atomic E-state index is 13.8. The zero-order valence-corrected chi connectivity index (χ0v) is 18.4. The van der Waals surface area contributed by atoms with Gasteiger partial charge in [-0.1, -0.05) is 31.4 Å². The summed E-state index contributed by atoms with van der Waals surface area (Å²) in [7, 11) is 0. The first-order chi connectivity index (χ1) is 14.7. The lowest BCUT2D eigenvalue weighted by Crippen LogP contribution is -2.51. The second kappa shape index (κ2) is 9.61. The number of hydrogen-bond donors (Lipinski definition) is 3. The Bertz CT molecular complexity index is 1010. The highest BCUT2D eigenvalue weighted by Crippen LogP contribution is 2.31. The molecule has 1 aromatic heterocycles. The molecule has 1 aromatic carbocycles. The van der Waals surface area contributed by atoms with Crippen LogP contribution in [0.15, 0.2) is 18.2 Å². The van der Waals surface area contributed by atoms with E-state index in [1.54, 1.807) is 6.92 Å². The standard InChI is InChI=1S/C20H23ClFN5O3S/c1-2-14(19(29)25-10-5-3-4-6-10)27(11-7-8-13(22)12(21)9-11)20(30)17-15(23)16(18(24)28)26-31-17/h7-10,14H,2-6,23H2,1H3,(H2,24,28)(H,25,29). The molecule has 2 aromatic rings. The number of benzene rings is 1. The number of aromatic nitrogens is 1. The number of nitrogens with zero attached hydrogens (tertiary/aromatic N) is 2. The second-order valence-corrected chi connectivity index (χ2v) is 8.51. The first kappa shape index (κ1) is 23.0. The average molecular weight is 468 g/mol. The van der Waals surface area contributed by atoms with E-state index in [1.807, 2.05) is 0 Å². The number of amides is 3. The quantitative estimate of drug-likeness (QED) is 0.575. The zero-order valence-electron chi connectivity index (χ0n) is 16.9. The van der Waals surface area contributed by atoms with E-state index in [2.05, 4.69) is 9.69 Å². The molecule has 1 aliphatic carbocycles. The number of anilines is 2. The fourth-order valence-corrected chi connectivity index (χ4v) is 4.58. The lowest BCUT2D eigenvalue weighted by atomic mass is 10.1. The molecule has 0 bridgehead atoms. The van der Waals surface area contributed by atoms with Gasteiger partial charge in [-0.2, -0.15) is 4.37 Å². The third-order valence-corrected chi connectivity index (χ3v) is 6.40. The molecule has 1 atom stereocenters. The minimum atomic E-state index is -0.909. The third-order valence-electron chi connectivity index (χ3n) is 5.26. The molecule has 1 saturated carbocycles. The number of halogens is 2. The van der Waals surface area contributed by atoms with Gasteiger partial charge in [-0.25, -0.2) is 4.39 Å². The van der Waals surface area contributed by atoms with Crippen LogP contribution < -0.4 is 21.7 Å². The van der Waals surface area contributed by atoms with E-state index in [9.17, 15) is 18.8 Å². The molecular weight excluding hydrogens is 445 g/mol. The molecule has 1 heterocycles. The monoisotopic (exact) mass is 467 g/mol. The number of carbonyl (C=O) groups excluding carboxylic acids is 3. The van der Waals surface area contributed by atoms with Gasteiger partial charge in [-0.3, -0.25) is 19.3 Å². The molecule has 5 N–H and O–H groups in total. The van der Waals surface area contributed by atoms with E-state index in [0.29, 0.717) is 11.5 Å². The molecule has 11 heteroatoms. The number of nitrogen functional groups attached to an aromatic ring is 1. The van der Waals surface area contributed by atoms with Gasteiger partial charge in [0.2, 0.25) is 5.91 Å². The summed E-state index contributed by atoms with van der Waals surface area (Å²) in [6.07, 6.45) is 4.10. The fraction of sp³-hybridized carbons (Fsp3) is 0.400. The Morgan fingerprint density at radius 2 is 2.03 bits per heavy atom. The van der Waals surface area contributed by atoms with Gasteiger partial charge in [-0.15, -0.1) is 0 Å². The van der Waals surface area contributed by atoms with Crippen molar-refractivity contribution in [3.05, 3.63) is 39.6 Å². The zero-order chi connectivity index (χ0) is 22.7. The Kier molecular flexibility index (Phi) is 7.11. The van der Waals surface area contributed by atoms with Crippen LogP contribution in [0.5, 0.6) is 0 Å². The smallest absolute Gasteiger partial charge is 0.272 e. The largest absolute Gasteiger partial charge is 0.395 e. The van der Waals surface area contributed by atoms with Crippen LogP contribution in [0.3, 0.4) is 0 Å². The van der Waals surface area contributed by atoms with Crippen LogP contribution in [0.2, 0.25) is 5.02 Å². The van der Waals surface area contributed by atoms with Crippen LogP contribution in [-0.2, 0) is 4.79 Å². The molecule has 0 spiro atoms. The molecule has 3 rings (SSSR count). The van der Waals surface area contributed by atoms with Crippen molar-refractivity contribution in [3.8, 4) is 0 Å². The summed E-state index contributed by atoms with van der Waals surface area (Å²) in [4.78, 5) is 39.3. The van der Waals surface area contributed by atoms with Crippen molar-refractivity contribution in [2.24, 2.45) is 5.73 Å². The predicted octanol–water partition coefficient (Wildman–Crippen LogP) is 3.10. The highest BCUT2D eigenvalue weighted by molar-refractivity contribution is 7.09. The molecule has 0 radical (unpaired) electrons. The van der Waals surface area contributed by atoms with Crippen molar-refractivity contribution >= 4 is 52.2 Å². The van der Waals surface area contributed by atoms with Crippen molar-refractivity contribution in [3.63, 3.8) is 0 Å². The summed E-state index contributed by atoms with van der Waals surface area (Å²) in [5.41, 5.74) is 11.0. The summed E-state index contributed by atoms with van der Waals surface area (Å²) < 4.78 is 17.6. The van der Waals surface area contributed by atoms with Gasteiger partial charge in [-0.05, 0) is 49.0 Å². The minimum Gasteiger partial charge on any atom is -0.395 e. The minimum absolute atomic E-state index is 0.0404. The van der Waals surface area contributed by atoms with E-state index in [-0.39, 0.29) is 45.3 Å². The molecule has 0 aliphatic heterocycles. The Hall–Kier alpha value is -2.72. The molecule has 3 amide bonds.